The van der Waals surface area contributed by atoms with Gasteiger partial charge in [-0.1, -0.05) is 6.42 Å². The molecule has 0 radical (unpaired) electrons. The lowest BCUT2D eigenvalue weighted by Gasteiger charge is -2.24. The van der Waals surface area contributed by atoms with Gasteiger partial charge in [-0.25, -0.2) is 9.97 Å². The molecule has 2 saturated heterocycles. The van der Waals surface area contributed by atoms with E-state index in [4.69, 9.17) is 4.98 Å². The molecule has 0 aromatic carbocycles. The molecule has 112 valence electrons. The maximum atomic E-state index is 4.97. The van der Waals surface area contributed by atoms with Crippen LogP contribution >= 0.6 is 11.8 Å². The van der Waals surface area contributed by atoms with Gasteiger partial charge in [0.15, 0.2) is 5.65 Å². The quantitative estimate of drug-likeness (QED) is 0.852. The van der Waals surface area contributed by atoms with Crippen LogP contribution in [0.25, 0.3) is 11.2 Å². The fourth-order valence-electron chi connectivity index (χ4n) is 3.60. The minimum atomic E-state index is 0.535. The largest absolute Gasteiger partial charge is 0.307 e. The molecule has 4 nitrogen and oxygen atoms in total. The molecule has 0 spiro atoms. The van der Waals surface area contributed by atoms with Crippen molar-refractivity contribution in [2.24, 2.45) is 0 Å². The monoisotopic (exact) mass is 302 g/mol. The number of imidazole rings is 1. The molecular formula is C16H22N4S. The van der Waals surface area contributed by atoms with Gasteiger partial charge in [0.05, 0.1) is 11.3 Å². The highest BCUT2D eigenvalue weighted by Crippen LogP contribution is 2.40. The summed E-state index contributed by atoms with van der Waals surface area (Å²) in [6.07, 6.45) is 7.06. The zero-order chi connectivity index (χ0) is 14.2. The average molecular weight is 302 g/mol. The first-order chi connectivity index (χ1) is 10.3. The number of fused-ring (bicyclic) bond motifs is 1. The Hall–Kier alpha value is -1.07. The van der Waals surface area contributed by atoms with Crippen LogP contribution in [0, 0.1) is 0 Å². The fourth-order valence-corrected chi connectivity index (χ4v) is 4.91. The van der Waals surface area contributed by atoms with Gasteiger partial charge >= 0.3 is 0 Å². The van der Waals surface area contributed by atoms with E-state index in [1.165, 1.54) is 43.8 Å². The number of likely N-dealkylation sites (N-methyl/N-ethyl adjacent to an activating group) is 1. The molecule has 4 heterocycles. The third-order valence-electron chi connectivity index (χ3n) is 4.68. The maximum absolute atomic E-state index is 4.97. The van der Waals surface area contributed by atoms with Gasteiger partial charge < -0.3 is 9.47 Å². The zero-order valence-electron chi connectivity index (χ0n) is 12.5. The Balaban J connectivity index is 1.80. The van der Waals surface area contributed by atoms with Gasteiger partial charge in [-0.05, 0) is 50.7 Å². The Morgan fingerprint density at radius 3 is 3.00 bits per heavy atom. The van der Waals surface area contributed by atoms with E-state index in [2.05, 4.69) is 39.3 Å². The second-order valence-corrected chi connectivity index (χ2v) is 7.56. The van der Waals surface area contributed by atoms with Crippen molar-refractivity contribution in [3.05, 3.63) is 24.2 Å². The van der Waals surface area contributed by atoms with Crippen molar-refractivity contribution in [1.82, 2.24) is 19.4 Å². The van der Waals surface area contributed by atoms with Crippen LogP contribution in [0.3, 0.4) is 0 Å². The van der Waals surface area contributed by atoms with Gasteiger partial charge in [0.25, 0.3) is 0 Å². The van der Waals surface area contributed by atoms with Crippen molar-refractivity contribution < 1.29 is 0 Å². The van der Waals surface area contributed by atoms with E-state index >= 15 is 0 Å². The lowest BCUT2D eigenvalue weighted by atomic mass is 10.1. The third-order valence-corrected chi connectivity index (χ3v) is 6.05. The molecule has 0 amide bonds. The van der Waals surface area contributed by atoms with Crippen molar-refractivity contribution in [3.63, 3.8) is 0 Å². The number of hydrogen-bond acceptors (Lipinski definition) is 4. The molecule has 0 saturated carbocycles. The highest BCUT2D eigenvalue weighted by Gasteiger charge is 2.30. The number of rotatable bonds is 2. The van der Waals surface area contributed by atoms with E-state index < -0.39 is 0 Å². The lowest BCUT2D eigenvalue weighted by molar-refractivity contribution is 0.390. The molecule has 2 aliphatic rings. The Morgan fingerprint density at radius 2 is 2.24 bits per heavy atom. The summed E-state index contributed by atoms with van der Waals surface area (Å²) in [7, 11) is 2.21. The molecule has 0 aliphatic carbocycles. The summed E-state index contributed by atoms with van der Waals surface area (Å²) >= 11 is 2.08. The number of nitrogens with zero attached hydrogens (tertiary/aromatic N) is 4. The van der Waals surface area contributed by atoms with E-state index in [1.54, 1.807) is 0 Å². The van der Waals surface area contributed by atoms with Gasteiger partial charge in [0.1, 0.15) is 11.3 Å². The molecule has 2 atom stereocenters. The molecule has 21 heavy (non-hydrogen) atoms. The number of pyridine rings is 1. The van der Waals surface area contributed by atoms with Crippen molar-refractivity contribution in [1.29, 1.82) is 0 Å². The standard InChI is InChI=1S/C16H22N4S/c1-19-9-7-12(11-19)20-15-13(5-4-8-17-15)18-16(20)14-6-2-3-10-21-14/h4-5,8,12,14H,2-3,6-7,9-11H2,1H3. The number of likely N-dealkylation sites (tertiary alicyclic amines) is 1. The van der Waals surface area contributed by atoms with Crippen LogP contribution in [0.1, 0.15) is 42.8 Å². The van der Waals surface area contributed by atoms with Gasteiger partial charge in [-0.3, -0.25) is 0 Å². The SMILES string of the molecule is CN1CCC(n2c(C3CCCCS3)nc3cccnc32)C1. The molecule has 4 rings (SSSR count). The summed E-state index contributed by atoms with van der Waals surface area (Å²) in [5, 5.41) is 0.554. The highest BCUT2D eigenvalue weighted by molar-refractivity contribution is 7.99. The second-order valence-electron chi connectivity index (χ2n) is 6.25. The predicted octanol–water partition coefficient (Wildman–Crippen LogP) is 3.27. The van der Waals surface area contributed by atoms with Crippen LogP contribution in [0.4, 0.5) is 0 Å². The van der Waals surface area contributed by atoms with Crippen molar-refractivity contribution in [2.75, 3.05) is 25.9 Å². The minimum absolute atomic E-state index is 0.535. The number of hydrogen-bond donors (Lipinski definition) is 0. The van der Waals surface area contributed by atoms with Crippen molar-refractivity contribution in [2.45, 2.75) is 37.0 Å². The van der Waals surface area contributed by atoms with Crippen LogP contribution in [0.5, 0.6) is 0 Å². The number of aromatic nitrogens is 3. The molecule has 2 unspecified atom stereocenters. The summed E-state index contributed by atoms with van der Waals surface area (Å²) in [5.74, 6) is 2.54. The lowest BCUT2D eigenvalue weighted by Crippen LogP contribution is -2.19. The summed E-state index contributed by atoms with van der Waals surface area (Å²) < 4.78 is 2.46. The summed E-state index contributed by atoms with van der Waals surface area (Å²) in [6.45, 7) is 2.29. The normalized spacial score (nSPS) is 27.5. The smallest absolute Gasteiger partial charge is 0.160 e. The maximum Gasteiger partial charge on any atom is 0.160 e. The zero-order valence-corrected chi connectivity index (χ0v) is 13.4. The summed E-state index contributed by atoms with van der Waals surface area (Å²) in [6, 6.07) is 4.64. The van der Waals surface area contributed by atoms with Gasteiger partial charge in [-0.15, -0.1) is 0 Å². The van der Waals surface area contributed by atoms with Crippen LogP contribution < -0.4 is 0 Å². The Kier molecular flexibility index (Phi) is 3.63. The van der Waals surface area contributed by atoms with E-state index in [9.17, 15) is 0 Å². The third kappa shape index (κ3) is 2.46. The van der Waals surface area contributed by atoms with Crippen LogP contribution in [0.15, 0.2) is 18.3 Å². The Bertz CT molecular complexity index is 632. The molecule has 2 aromatic rings. The second kappa shape index (κ2) is 5.61. The highest BCUT2D eigenvalue weighted by atomic mass is 32.2. The fraction of sp³-hybridized carbons (Fsp3) is 0.625. The van der Waals surface area contributed by atoms with Gasteiger partial charge in [0, 0.05) is 12.7 Å². The predicted molar refractivity (Wildman–Crippen MR) is 87.7 cm³/mol. The minimum Gasteiger partial charge on any atom is -0.307 e. The molecule has 0 bridgehead atoms. The van der Waals surface area contributed by atoms with Crippen molar-refractivity contribution >= 4 is 22.9 Å². The van der Waals surface area contributed by atoms with Crippen LogP contribution in [-0.2, 0) is 0 Å². The topological polar surface area (TPSA) is 34.0 Å². The molecular weight excluding hydrogens is 280 g/mol. The first-order valence-electron chi connectivity index (χ1n) is 7.96. The Labute approximate surface area is 129 Å². The van der Waals surface area contributed by atoms with Crippen LogP contribution in [-0.4, -0.2) is 45.3 Å². The Morgan fingerprint density at radius 1 is 1.29 bits per heavy atom. The van der Waals surface area contributed by atoms with Crippen molar-refractivity contribution in [3.8, 4) is 0 Å². The molecule has 0 N–H and O–H groups in total. The van der Waals surface area contributed by atoms with Gasteiger partial charge in [0.2, 0.25) is 0 Å². The summed E-state index contributed by atoms with van der Waals surface area (Å²) in [4.78, 5) is 12.0. The van der Waals surface area contributed by atoms with Crippen LogP contribution in [0.2, 0.25) is 0 Å². The molecule has 2 aromatic heterocycles. The summed E-state index contributed by atoms with van der Waals surface area (Å²) in [5.41, 5.74) is 2.15. The average Bonchev–Trinajstić information content (AvgIpc) is 3.11. The van der Waals surface area contributed by atoms with E-state index in [0.29, 0.717) is 11.3 Å². The molecule has 5 heteroatoms. The first-order valence-corrected chi connectivity index (χ1v) is 9.01. The van der Waals surface area contributed by atoms with E-state index in [-0.39, 0.29) is 0 Å². The van der Waals surface area contributed by atoms with E-state index in [1.807, 2.05) is 12.3 Å². The molecule has 2 aliphatic heterocycles. The van der Waals surface area contributed by atoms with Gasteiger partial charge in [-0.2, -0.15) is 11.8 Å². The molecule has 2 fully saturated rings. The first kappa shape index (κ1) is 13.6. The number of thioether (sulfide) groups is 1. The van der Waals surface area contributed by atoms with E-state index in [0.717, 1.165) is 17.7 Å².